The highest BCUT2D eigenvalue weighted by Crippen LogP contribution is 2.29. The maximum Gasteiger partial charge on any atom is 0.339 e. The van der Waals surface area contributed by atoms with Gasteiger partial charge in [0.1, 0.15) is 0 Å². The van der Waals surface area contributed by atoms with Gasteiger partial charge in [-0.1, -0.05) is 35.5 Å². The molecule has 3 aromatic rings. The first kappa shape index (κ1) is 17.7. The molecule has 1 N–H and O–H groups in total. The van der Waals surface area contributed by atoms with Gasteiger partial charge in [-0.3, -0.25) is 4.79 Å². The molecule has 2 aromatic carbocycles. The minimum absolute atomic E-state index is 0.192. The summed E-state index contributed by atoms with van der Waals surface area (Å²) in [6.45, 7) is 0. The highest BCUT2D eigenvalue weighted by molar-refractivity contribution is 8.01. The number of methoxy groups -OCH3 is 1. The van der Waals surface area contributed by atoms with E-state index < -0.39 is 5.97 Å². The molecule has 0 fully saturated rings. The van der Waals surface area contributed by atoms with Gasteiger partial charge in [0, 0.05) is 5.69 Å². The van der Waals surface area contributed by atoms with Crippen molar-refractivity contribution >= 4 is 62.5 Å². The molecular weight excluding hydrogens is 380 g/mol. The van der Waals surface area contributed by atoms with Crippen LogP contribution in [-0.2, 0) is 9.53 Å². The molecule has 25 heavy (non-hydrogen) atoms. The lowest BCUT2D eigenvalue weighted by Gasteiger charge is -2.07. The molecule has 0 radical (unpaired) electrons. The van der Waals surface area contributed by atoms with Crippen LogP contribution < -0.4 is 5.32 Å². The van der Waals surface area contributed by atoms with Gasteiger partial charge in [-0.2, -0.15) is 0 Å². The van der Waals surface area contributed by atoms with Crippen LogP contribution in [0.1, 0.15) is 10.4 Å². The molecular formula is C17H13ClN2O3S2. The fourth-order valence-corrected chi connectivity index (χ4v) is 4.17. The fourth-order valence-electron chi connectivity index (χ4n) is 2.11. The van der Waals surface area contributed by atoms with Crippen LogP contribution in [0, 0.1) is 0 Å². The van der Waals surface area contributed by atoms with Crippen LogP contribution in [0.5, 0.6) is 0 Å². The molecule has 1 amide bonds. The van der Waals surface area contributed by atoms with Gasteiger partial charge in [0.15, 0.2) is 4.34 Å². The molecule has 128 valence electrons. The third kappa shape index (κ3) is 4.31. The average molecular weight is 393 g/mol. The fraction of sp³-hybridized carbons (Fsp3) is 0.118. The molecule has 0 atom stereocenters. The summed E-state index contributed by atoms with van der Waals surface area (Å²) in [5, 5.41) is 3.02. The normalized spacial score (nSPS) is 10.6. The Labute approximate surface area is 157 Å². The number of ether oxygens (including phenoxy) is 1. The van der Waals surface area contributed by atoms with E-state index in [4.69, 9.17) is 11.6 Å². The molecule has 0 spiro atoms. The van der Waals surface area contributed by atoms with Crippen LogP contribution >= 0.6 is 34.7 Å². The number of thioether (sulfide) groups is 1. The van der Waals surface area contributed by atoms with E-state index in [1.165, 1.54) is 24.9 Å². The van der Waals surface area contributed by atoms with Gasteiger partial charge in [-0.15, -0.1) is 11.3 Å². The summed E-state index contributed by atoms with van der Waals surface area (Å²) in [7, 11) is 1.28. The van der Waals surface area contributed by atoms with Crippen LogP contribution in [0.25, 0.3) is 10.2 Å². The predicted molar refractivity (Wildman–Crippen MR) is 102 cm³/mol. The summed E-state index contributed by atoms with van der Waals surface area (Å²) >= 11 is 8.88. The second-order valence-electron chi connectivity index (χ2n) is 4.97. The number of halogens is 1. The smallest absolute Gasteiger partial charge is 0.339 e. The number of benzene rings is 2. The van der Waals surface area contributed by atoms with Crippen LogP contribution in [0.15, 0.2) is 46.8 Å². The van der Waals surface area contributed by atoms with Crippen molar-refractivity contribution in [2.45, 2.75) is 4.34 Å². The van der Waals surface area contributed by atoms with E-state index in [0.717, 1.165) is 14.6 Å². The number of esters is 1. The molecule has 3 rings (SSSR count). The van der Waals surface area contributed by atoms with E-state index in [1.54, 1.807) is 23.5 Å². The predicted octanol–water partition coefficient (Wildman–Crippen LogP) is 4.47. The third-order valence-corrected chi connectivity index (χ3v) is 5.77. The Morgan fingerprint density at radius 2 is 2.08 bits per heavy atom. The maximum atomic E-state index is 12.1. The second kappa shape index (κ2) is 7.86. The number of rotatable bonds is 5. The van der Waals surface area contributed by atoms with E-state index in [9.17, 15) is 9.59 Å². The minimum atomic E-state index is -0.551. The van der Waals surface area contributed by atoms with E-state index in [-0.39, 0.29) is 22.2 Å². The lowest BCUT2D eigenvalue weighted by atomic mass is 10.2. The Morgan fingerprint density at radius 3 is 2.84 bits per heavy atom. The molecule has 0 saturated carbocycles. The highest BCUT2D eigenvalue weighted by Gasteiger charge is 2.13. The maximum absolute atomic E-state index is 12.1. The Hall–Kier alpha value is -2.09. The number of aromatic nitrogens is 1. The molecule has 0 aliphatic heterocycles. The Kier molecular flexibility index (Phi) is 5.57. The van der Waals surface area contributed by atoms with Gasteiger partial charge in [0.2, 0.25) is 5.91 Å². The summed E-state index contributed by atoms with van der Waals surface area (Å²) in [5.74, 6) is -0.525. The first-order chi connectivity index (χ1) is 12.1. The van der Waals surface area contributed by atoms with Crippen LogP contribution in [0.2, 0.25) is 5.02 Å². The first-order valence-electron chi connectivity index (χ1n) is 7.23. The number of fused-ring (bicyclic) bond motifs is 1. The van der Waals surface area contributed by atoms with Crippen LogP contribution in [-0.4, -0.2) is 29.7 Å². The van der Waals surface area contributed by atoms with E-state index in [0.29, 0.717) is 5.69 Å². The molecule has 8 heteroatoms. The number of hydrogen-bond acceptors (Lipinski definition) is 6. The van der Waals surface area contributed by atoms with Crippen molar-refractivity contribution in [2.75, 3.05) is 18.2 Å². The van der Waals surface area contributed by atoms with Crippen molar-refractivity contribution in [1.29, 1.82) is 0 Å². The van der Waals surface area contributed by atoms with Crippen LogP contribution in [0.3, 0.4) is 0 Å². The average Bonchev–Trinajstić information content (AvgIpc) is 3.04. The minimum Gasteiger partial charge on any atom is -0.465 e. The number of nitrogens with zero attached hydrogens (tertiary/aromatic N) is 1. The van der Waals surface area contributed by atoms with Crippen molar-refractivity contribution in [3.05, 3.63) is 53.1 Å². The monoisotopic (exact) mass is 392 g/mol. The van der Waals surface area contributed by atoms with Gasteiger partial charge >= 0.3 is 5.97 Å². The number of para-hydroxylation sites is 1. The Balaban J connectivity index is 1.63. The number of nitrogens with one attached hydrogen (secondary N) is 1. The molecule has 0 aliphatic carbocycles. The van der Waals surface area contributed by atoms with Gasteiger partial charge < -0.3 is 10.1 Å². The third-order valence-electron chi connectivity index (χ3n) is 3.26. The summed E-state index contributed by atoms with van der Waals surface area (Å²) in [5.41, 5.74) is 1.62. The standard InChI is InChI=1S/C17H13ClN2O3S2/c1-23-16(22)11-8-10(6-7-12(11)18)19-15(21)9-24-17-20-13-4-2-3-5-14(13)25-17/h2-8H,9H2,1H3,(H,19,21). The summed E-state index contributed by atoms with van der Waals surface area (Å²) in [6, 6.07) is 12.5. The molecule has 0 aliphatic rings. The number of thiazole rings is 1. The van der Waals surface area contributed by atoms with Crippen molar-refractivity contribution in [2.24, 2.45) is 0 Å². The van der Waals surface area contributed by atoms with Crippen molar-refractivity contribution in [1.82, 2.24) is 4.98 Å². The number of amides is 1. The lowest BCUT2D eigenvalue weighted by molar-refractivity contribution is -0.113. The summed E-state index contributed by atoms with van der Waals surface area (Å²) in [4.78, 5) is 28.2. The molecule has 1 aromatic heterocycles. The molecule has 1 heterocycles. The quantitative estimate of drug-likeness (QED) is 0.512. The number of carbonyl (C=O) groups is 2. The van der Waals surface area contributed by atoms with Gasteiger partial charge in [-0.05, 0) is 30.3 Å². The van der Waals surface area contributed by atoms with Crippen LogP contribution in [0.4, 0.5) is 5.69 Å². The highest BCUT2D eigenvalue weighted by atomic mass is 35.5. The number of anilines is 1. The van der Waals surface area contributed by atoms with Crippen molar-refractivity contribution in [3.63, 3.8) is 0 Å². The second-order valence-corrected chi connectivity index (χ2v) is 7.63. The Bertz CT molecular complexity index is 910. The lowest BCUT2D eigenvalue weighted by Crippen LogP contribution is -2.14. The zero-order valence-corrected chi connectivity index (χ0v) is 15.5. The van der Waals surface area contributed by atoms with E-state index in [2.05, 4.69) is 15.0 Å². The van der Waals surface area contributed by atoms with Crippen molar-refractivity contribution < 1.29 is 14.3 Å². The summed E-state index contributed by atoms with van der Waals surface area (Å²) < 4.78 is 6.59. The first-order valence-corrected chi connectivity index (χ1v) is 9.41. The number of carbonyl (C=O) groups excluding carboxylic acids is 2. The molecule has 0 bridgehead atoms. The number of hydrogen-bond donors (Lipinski definition) is 1. The van der Waals surface area contributed by atoms with Gasteiger partial charge in [-0.25, -0.2) is 9.78 Å². The zero-order chi connectivity index (χ0) is 17.8. The van der Waals surface area contributed by atoms with Gasteiger partial charge in [0.05, 0.1) is 33.7 Å². The van der Waals surface area contributed by atoms with Crippen molar-refractivity contribution in [3.8, 4) is 0 Å². The van der Waals surface area contributed by atoms with E-state index in [1.807, 2.05) is 24.3 Å². The largest absolute Gasteiger partial charge is 0.465 e. The Morgan fingerprint density at radius 1 is 1.28 bits per heavy atom. The zero-order valence-electron chi connectivity index (χ0n) is 13.1. The van der Waals surface area contributed by atoms with Gasteiger partial charge in [0.25, 0.3) is 0 Å². The molecule has 0 saturated heterocycles. The SMILES string of the molecule is COC(=O)c1cc(NC(=O)CSc2nc3ccccc3s2)ccc1Cl. The summed E-state index contributed by atoms with van der Waals surface area (Å²) in [6.07, 6.45) is 0. The topological polar surface area (TPSA) is 68.3 Å². The van der Waals surface area contributed by atoms with E-state index >= 15 is 0 Å². The molecule has 5 nitrogen and oxygen atoms in total. The molecule has 0 unspecified atom stereocenters.